The summed E-state index contributed by atoms with van der Waals surface area (Å²) in [7, 11) is 0. The molecule has 2 aromatic heterocycles. The number of aromatic amines is 1. The lowest BCUT2D eigenvalue weighted by Crippen LogP contribution is -2.63. The van der Waals surface area contributed by atoms with Crippen molar-refractivity contribution in [3.8, 4) is 34.0 Å². The van der Waals surface area contributed by atoms with Gasteiger partial charge in [0.2, 0.25) is 5.88 Å². The van der Waals surface area contributed by atoms with Crippen LogP contribution in [0, 0.1) is 0 Å². The van der Waals surface area contributed by atoms with Crippen molar-refractivity contribution in [2.45, 2.75) is 56.5 Å². The zero-order valence-electron chi connectivity index (χ0n) is 16.9. The Morgan fingerprint density at radius 1 is 1.13 bits per heavy atom. The van der Waals surface area contributed by atoms with Gasteiger partial charge in [0.25, 0.3) is 0 Å². The summed E-state index contributed by atoms with van der Waals surface area (Å²) in [5.41, 5.74) is 2.12. The molecule has 0 radical (unpaired) electrons. The summed E-state index contributed by atoms with van der Waals surface area (Å²) in [5.74, 6) is 0.380. The molecule has 1 aromatic carbocycles. The van der Waals surface area contributed by atoms with Crippen LogP contribution in [0.2, 0.25) is 0 Å². The van der Waals surface area contributed by atoms with Gasteiger partial charge in [-0.15, -0.1) is 0 Å². The lowest BCUT2D eigenvalue weighted by atomic mass is 9.85. The van der Waals surface area contributed by atoms with E-state index in [1.807, 2.05) is 13.0 Å². The van der Waals surface area contributed by atoms with Gasteiger partial charge in [-0.3, -0.25) is 5.10 Å². The molecule has 2 aliphatic rings. The number of phenolic OH excluding ortho intramolecular Hbond substituents is 1. The average molecular weight is 409 g/mol. The quantitative estimate of drug-likeness (QED) is 0.609. The second-order valence-corrected chi connectivity index (χ2v) is 8.82. The minimum absolute atomic E-state index is 0.0938. The van der Waals surface area contributed by atoms with E-state index in [9.17, 15) is 5.11 Å². The van der Waals surface area contributed by atoms with Crippen molar-refractivity contribution in [3.63, 3.8) is 0 Å². The van der Waals surface area contributed by atoms with Gasteiger partial charge in [0.05, 0.1) is 29.8 Å². The molecule has 2 bridgehead atoms. The number of aromatic hydroxyl groups is 1. The van der Waals surface area contributed by atoms with Gasteiger partial charge in [-0.05, 0) is 44.4 Å². The summed E-state index contributed by atoms with van der Waals surface area (Å²) in [4.78, 5) is 8.69. The van der Waals surface area contributed by atoms with E-state index in [0.717, 1.165) is 24.0 Å². The highest BCUT2D eigenvalue weighted by Crippen LogP contribution is 2.44. The lowest BCUT2D eigenvalue weighted by molar-refractivity contribution is -0.00927. The van der Waals surface area contributed by atoms with Gasteiger partial charge < -0.3 is 15.2 Å². The van der Waals surface area contributed by atoms with Crippen molar-refractivity contribution in [1.29, 1.82) is 0 Å². The first-order chi connectivity index (χ1) is 14.4. The lowest BCUT2D eigenvalue weighted by Gasteiger charge is -2.43. The van der Waals surface area contributed by atoms with E-state index < -0.39 is 17.8 Å². The number of aromatic nitrogens is 4. The van der Waals surface area contributed by atoms with Crippen molar-refractivity contribution in [2.24, 2.45) is 0 Å². The first-order valence-corrected chi connectivity index (χ1v) is 10.1. The number of hydrogen-bond acceptors (Lipinski definition) is 6. The molecule has 2 aliphatic heterocycles. The summed E-state index contributed by atoms with van der Waals surface area (Å²) in [5, 5.41) is 20.6. The fourth-order valence-corrected chi connectivity index (χ4v) is 4.78. The molecule has 156 valence electrons. The zero-order chi connectivity index (χ0) is 20.9. The van der Waals surface area contributed by atoms with E-state index >= 15 is 4.39 Å². The number of nitrogens with zero attached hydrogens (tertiary/aromatic N) is 3. The Bertz CT molecular complexity index is 1060. The van der Waals surface area contributed by atoms with Crippen molar-refractivity contribution in [3.05, 3.63) is 43.0 Å². The molecule has 8 heteroatoms. The third-order valence-electron chi connectivity index (χ3n) is 6.38. The van der Waals surface area contributed by atoms with Crippen LogP contribution < -0.4 is 10.1 Å². The predicted octanol–water partition coefficient (Wildman–Crippen LogP) is 3.63. The van der Waals surface area contributed by atoms with Crippen molar-refractivity contribution in [1.82, 2.24) is 25.5 Å². The maximum Gasteiger partial charge on any atom is 0.232 e. The second-order valence-electron chi connectivity index (χ2n) is 8.82. The summed E-state index contributed by atoms with van der Waals surface area (Å²) in [6, 6.07) is 5.32. The van der Waals surface area contributed by atoms with Crippen LogP contribution in [0.3, 0.4) is 0 Å². The fraction of sp³-hybridized carbons (Fsp3) is 0.409. The Balaban J connectivity index is 1.34. The fourth-order valence-electron chi connectivity index (χ4n) is 4.78. The average Bonchev–Trinajstić information content (AvgIpc) is 3.34. The first kappa shape index (κ1) is 19.0. The largest absolute Gasteiger partial charge is 0.507 e. The number of phenols is 1. The number of nitrogens with one attached hydrogen (secondary N) is 2. The summed E-state index contributed by atoms with van der Waals surface area (Å²) < 4.78 is 21.0. The summed E-state index contributed by atoms with van der Waals surface area (Å²) in [6.45, 7) is 4.04. The number of hydrogen-bond donors (Lipinski definition) is 3. The van der Waals surface area contributed by atoms with Crippen molar-refractivity contribution in [2.75, 3.05) is 0 Å². The molecule has 0 saturated carbocycles. The molecule has 0 unspecified atom stereocenters. The molecule has 3 N–H and O–H groups in total. The van der Waals surface area contributed by atoms with Gasteiger partial charge in [0.1, 0.15) is 11.9 Å². The van der Waals surface area contributed by atoms with Gasteiger partial charge in [0.15, 0.2) is 6.17 Å². The SMILES string of the molecule is C[C@]12CC[C@](C)(N1)[C@@H](F)[C@H](Oc1cnc(-c3ccc(-c4cn[nH]c4)cc3O)cn1)C2. The Kier molecular flexibility index (Phi) is 4.28. The van der Waals surface area contributed by atoms with Crippen LogP contribution in [-0.2, 0) is 0 Å². The van der Waals surface area contributed by atoms with E-state index in [2.05, 4.69) is 32.4 Å². The Hall–Kier alpha value is -3.00. The van der Waals surface area contributed by atoms with E-state index in [-0.39, 0.29) is 17.2 Å². The zero-order valence-corrected chi connectivity index (χ0v) is 16.9. The number of benzene rings is 1. The van der Waals surface area contributed by atoms with Gasteiger partial charge >= 0.3 is 0 Å². The van der Waals surface area contributed by atoms with E-state index in [4.69, 9.17) is 4.74 Å². The topological polar surface area (TPSA) is 96.0 Å². The number of fused-ring (bicyclic) bond motifs is 2. The normalized spacial score (nSPS) is 30.4. The van der Waals surface area contributed by atoms with Crippen LogP contribution in [-0.4, -0.2) is 48.6 Å². The molecule has 0 amide bonds. The molecular formula is C22H24FN5O2. The summed E-state index contributed by atoms with van der Waals surface area (Å²) >= 11 is 0. The number of rotatable bonds is 4. The van der Waals surface area contributed by atoms with Crippen molar-refractivity contribution < 1.29 is 14.2 Å². The third-order valence-corrected chi connectivity index (χ3v) is 6.38. The van der Waals surface area contributed by atoms with Gasteiger partial charge in [-0.25, -0.2) is 14.4 Å². The van der Waals surface area contributed by atoms with Crippen LogP contribution in [0.15, 0.2) is 43.0 Å². The Morgan fingerprint density at radius 3 is 2.70 bits per heavy atom. The number of ether oxygens (including phenoxy) is 1. The van der Waals surface area contributed by atoms with Gasteiger partial charge in [-0.1, -0.05) is 6.07 Å². The molecule has 5 rings (SSSR count). The molecular weight excluding hydrogens is 385 g/mol. The highest BCUT2D eigenvalue weighted by molar-refractivity contribution is 5.73. The monoisotopic (exact) mass is 409 g/mol. The van der Waals surface area contributed by atoms with E-state index in [0.29, 0.717) is 17.7 Å². The van der Waals surface area contributed by atoms with Gasteiger partial charge in [0, 0.05) is 29.3 Å². The standard InChI is InChI=1S/C22H24FN5O2/c1-21-5-6-22(2,28-21)20(23)18(8-21)30-19-12-24-16(11-25-19)15-4-3-13(7-17(15)29)14-9-26-27-10-14/h3-4,7,9-12,18,20,28-29H,5-6,8H2,1-2H3,(H,26,27)/t18-,20+,21-,22+/m1/s1. The minimum atomic E-state index is -1.12. The van der Waals surface area contributed by atoms with Crippen LogP contribution in [0.1, 0.15) is 33.1 Å². The van der Waals surface area contributed by atoms with Crippen LogP contribution >= 0.6 is 0 Å². The second kappa shape index (κ2) is 6.77. The maximum absolute atomic E-state index is 15.1. The molecule has 4 atom stereocenters. The molecule has 7 nitrogen and oxygen atoms in total. The number of alkyl halides is 1. The molecule has 4 heterocycles. The molecule has 0 spiro atoms. The third kappa shape index (κ3) is 3.21. The highest BCUT2D eigenvalue weighted by atomic mass is 19.1. The predicted molar refractivity (Wildman–Crippen MR) is 110 cm³/mol. The molecule has 0 aliphatic carbocycles. The number of H-pyrrole nitrogens is 1. The molecule has 30 heavy (non-hydrogen) atoms. The number of halogens is 1. The van der Waals surface area contributed by atoms with Crippen LogP contribution in [0.25, 0.3) is 22.4 Å². The first-order valence-electron chi connectivity index (χ1n) is 10.1. The van der Waals surface area contributed by atoms with E-state index in [1.54, 1.807) is 24.5 Å². The van der Waals surface area contributed by atoms with Gasteiger partial charge in [-0.2, -0.15) is 5.10 Å². The minimum Gasteiger partial charge on any atom is -0.507 e. The maximum atomic E-state index is 15.1. The molecule has 2 saturated heterocycles. The summed E-state index contributed by atoms with van der Waals surface area (Å²) in [6.07, 6.45) is 7.10. The molecule has 3 aromatic rings. The Labute approximate surface area is 173 Å². The van der Waals surface area contributed by atoms with Crippen LogP contribution in [0.5, 0.6) is 11.6 Å². The van der Waals surface area contributed by atoms with Crippen molar-refractivity contribution >= 4 is 0 Å². The highest BCUT2D eigenvalue weighted by Gasteiger charge is 2.56. The molecule has 2 fully saturated rings. The van der Waals surface area contributed by atoms with Crippen LogP contribution in [0.4, 0.5) is 4.39 Å². The Morgan fingerprint density at radius 2 is 2.00 bits per heavy atom. The number of piperidine rings is 1. The smallest absolute Gasteiger partial charge is 0.232 e. The van der Waals surface area contributed by atoms with E-state index in [1.165, 1.54) is 12.4 Å².